The van der Waals surface area contributed by atoms with Gasteiger partial charge in [0.1, 0.15) is 6.04 Å². The summed E-state index contributed by atoms with van der Waals surface area (Å²) in [4.78, 5) is 21.9. The van der Waals surface area contributed by atoms with Crippen molar-refractivity contribution in [2.24, 2.45) is 0 Å². The lowest BCUT2D eigenvalue weighted by molar-refractivity contribution is -0.139. The van der Waals surface area contributed by atoms with E-state index in [4.69, 9.17) is 0 Å². The summed E-state index contributed by atoms with van der Waals surface area (Å²) in [5.41, 5.74) is 1.73. The van der Waals surface area contributed by atoms with Crippen molar-refractivity contribution in [3.8, 4) is 0 Å². The lowest BCUT2D eigenvalue weighted by Gasteiger charge is -2.15. The van der Waals surface area contributed by atoms with Gasteiger partial charge in [0.15, 0.2) is 0 Å². The molecule has 0 bridgehead atoms. The summed E-state index contributed by atoms with van der Waals surface area (Å²) >= 11 is 0. The van der Waals surface area contributed by atoms with Gasteiger partial charge >= 0.3 is 5.97 Å². The van der Waals surface area contributed by atoms with Crippen LogP contribution in [-0.4, -0.2) is 30.1 Å². The van der Waals surface area contributed by atoms with Crippen molar-refractivity contribution in [3.63, 3.8) is 0 Å². The van der Waals surface area contributed by atoms with Crippen molar-refractivity contribution >= 4 is 11.9 Å². The van der Waals surface area contributed by atoms with Gasteiger partial charge in [0.25, 0.3) is 0 Å². The molecule has 0 radical (unpaired) electrons. The van der Waals surface area contributed by atoms with Crippen molar-refractivity contribution < 1.29 is 14.7 Å². The molecule has 0 spiro atoms. The summed E-state index contributed by atoms with van der Waals surface area (Å²) in [7, 11) is 0. The van der Waals surface area contributed by atoms with Gasteiger partial charge in [-0.05, 0) is 12.5 Å². The van der Waals surface area contributed by atoms with Crippen LogP contribution in [-0.2, 0) is 9.59 Å². The number of rotatable bonds is 6. The monoisotopic (exact) mass is 250 g/mol. The molecule has 1 amide bonds. The maximum atomic E-state index is 11.2. The first-order valence-electron chi connectivity index (χ1n) is 5.78. The van der Waals surface area contributed by atoms with Crippen molar-refractivity contribution in [3.05, 3.63) is 35.4 Å². The van der Waals surface area contributed by atoms with Gasteiger partial charge in [-0.1, -0.05) is 29.8 Å². The van der Waals surface area contributed by atoms with Crippen LogP contribution in [0.15, 0.2) is 24.3 Å². The molecule has 5 nitrogen and oxygen atoms in total. The molecule has 1 aromatic rings. The number of carbonyl (C=O) groups is 2. The summed E-state index contributed by atoms with van der Waals surface area (Å²) < 4.78 is 0. The average molecular weight is 250 g/mol. The summed E-state index contributed by atoms with van der Waals surface area (Å²) in [5.74, 6) is -1.05. The largest absolute Gasteiger partial charge is 0.480 e. The molecule has 0 aromatic heterocycles. The van der Waals surface area contributed by atoms with E-state index < -0.39 is 12.0 Å². The second-order valence-electron chi connectivity index (χ2n) is 4.12. The zero-order chi connectivity index (χ0) is 13.5. The molecule has 0 heterocycles. The van der Waals surface area contributed by atoms with Crippen LogP contribution in [0.25, 0.3) is 0 Å². The SMILES string of the molecule is CC(=O)NCCNC(C(=O)O)c1cccc(C)c1. The van der Waals surface area contributed by atoms with E-state index in [1.165, 1.54) is 6.92 Å². The van der Waals surface area contributed by atoms with Crippen LogP contribution in [0.3, 0.4) is 0 Å². The number of hydrogen-bond donors (Lipinski definition) is 3. The van der Waals surface area contributed by atoms with Crippen LogP contribution < -0.4 is 10.6 Å². The first-order chi connectivity index (χ1) is 8.50. The fraction of sp³-hybridized carbons (Fsp3) is 0.385. The maximum absolute atomic E-state index is 11.2. The standard InChI is InChI=1S/C13H18N2O3/c1-9-4-3-5-11(8-9)12(13(17)18)15-7-6-14-10(2)16/h3-5,8,12,15H,6-7H2,1-2H3,(H,14,16)(H,17,18). The van der Waals surface area contributed by atoms with Crippen LogP contribution >= 0.6 is 0 Å². The summed E-state index contributed by atoms with van der Waals surface area (Å²) in [6.45, 7) is 4.16. The smallest absolute Gasteiger partial charge is 0.325 e. The van der Waals surface area contributed by atoms with Crippen molar-refractivity contribution in [1.82, 2.24) is 10.6 Å². The molecule has 1 aromatic carbocycles. The maximum Gasteiger partial charge on any atom is 0.325 e. The molecule has 1 rings (SSSR count). The van der Waals surface area contributed by atoms with Gasteiger partial charge in [0.05, 0.1) is 0 Å². The number of aryl methyl sites for hydroxylation is 1. The summed E-state index contributed by atoms with van der Waals surface area (Å²) in [6.07, 6.45) is 0. The molecule has 1 atom stereocenters. The molecule has 98 valence electrons. The van der Waals surface area contributed by atoms with Crippen molar-refractivity contribution in [2.75, 3.05) is 13.1 Å². The van der Waals surface area contributed by atoms with Gasteiger partial charge in [-0.3, -0.25) is 14.9 Å². The van der Waals surface area contributed by atoms with Crippen LogP contribution in [0, 0.1) is 6.92 Å². The quantitative estimate of drug-likeness (QED) is 0.654. The van der Waals surface area contributed by atoms with Crippen LogP contribution in [0.2, 0.25) is 0 Å². The summed E-state index contributed by atoms with van der Waals surface area (Å²) in [6, 6.07) is 6.61. The highest BCUT2D eigenvalue weighted by Crippen LogP contribution is 2.14. The number of carbonyl (C=O) groups excluding carboxylic acids is 1. The highest BCUT2D eigenvalue weighted by atomic mass is 16.4. The fourth-order valence-corrected chi connectivity index (χ4v) is 1.65. The van der Waals surface area contributed by atoms with E-state index >= 15 is 0 Å². The lowest BCUT2D eigenvalue weighted by atomic mass is 10.0. The number of carboxylic acid groups (broad SMARTS) is 1. The second-order valence-corrected chi connectivity index (χ2v) is 4.12. The Kier molecular flexibility index (Phi) is 5.32. The van der Waals surface area contributed by atoms with Crippen LogP contribution in [0.5, 0.6) is 0 Å². The third kappa shape index (κ3) is 4.55. The predicted octanol–water partition coefficient (Wildman–Crippen LogP) is 0.846. The zero-order valence-corrected chi connectivity index (χ0v) is 10.6. The van der Waals surface area contributed by atoms with Gasteiger partial charge in [-0.25, -0.2) is 0 Å². The molecule has 5 heteroatoms. The Labute approximate surface area is 106 Å². The van der Waals surface area contributed by atoms with Gasteiger partial charge in [-0.15, -0.1) is 0 Å². The Morgan fingerprint density at radius 2 is 2.06 bits per heavy atom. The first-order valence-corrected chi connectivity index (χ1v) is 5.78. The Morgan fingerprint density at radius 1 is 1.33 bits per heavy atom. The number of nitrogens with one attached hydrogen (secondary N) is 2. The third-order valence-electron chi connectivity index (χ3n) is 2.47. The summed E-state index contributed by atoms with van der Waals surface area (Å²) in [5, 5.41) is 14.7. The van der Waals surface area contributed by atoms with Gasteiger partial charge in [-0.2, -0.15) is 0 Å². The van der Waals surface area contributed by atoms with E-state index in [1.807, 2.05) is 25.1 Å². The predicted molar refractivity (Wildman–Crippen MR) is 68.2 cm³/mol. The minimum absolute atomic E-state index is 0.126. The lowest BCUT2D eigenvalue weighted by Crippen LogP contribution is -2.35. The highest BCUT2D eigenvalue weighted by molar-refractivity contribution is 5.75. The second kappa shape index (κ2) is 6.76. The molecule has 0 saturated heterocycles. The zero-order valence-electron chi connectivity index (χ0n) is 10.6. The average Bonchev–Trinajstić information content (AvgIpc) is 2.27. The molecule has 1 unspecified atom stereocenters. The normalized spacial score (nSPS) is 11.9. The third-order valence-corrected chi connectivity index (χ3v) is 2.47. The van der Waals surface area contributed by atoms with Gasteiger partial charge in [0, 0.05) is 20.0 Å². The van der Waals surface area contributed by atoms with E-state index in [9.17, 15) is 14.7 Å². The number of amides is 1. The Morgan fingerprint density at radius 3 is 2.61 bits per heavy atom. The Balaban J connectivity index is 2.60. The molecule has 0 aliphatic carbocycles. The molecule has 0 fully saturated rings. The molecular formula is C13H18N2O3. The fourth-order valence-electron chi connectivity index (χ4n) is 1.65. The molecule has 0 saturated carbocycles. The Hall–Kier alpha value is -1.88. The topological polar surface area (TPSA) is 78.4 Å². The highest BCUT2D eigenvalue weighted by Gasteiger charge is 2.18. The van der Waals surface area contributed by atoms with E-state index in [0.29, 0.717) is 18.7 Å². The first kappa shape index (κ1) is 14.2. The van der Waals surface area contributed by atoms with Crippen LogP contribution in [0.1, 0.15) is 24.1 Å². The molecule has 0 aliphatic rings. The number of benzene rings is 1. The molecule has 18 heavy (non-hydrogen) atoms. The van der Waals surface area contributed by atoms with E-state index in [-0.39, 0.29) is 5.91 Å². The van der Waals surface area contributed by atoms with Crippen LogP contribution in [0.4, 0.5) is 0 Å². The van der Waals surface area contributed by atoms with Gasteiger partial charge < -0.3 is 10.4 Å². The van der Waals surface area contributed by atoms with E-state index in [0.717, 1.165) is 5.56 Å². The Bertz CT molecular complexity index is 432. The minimum atomic E-state index is -0.927. The molecule has 0 aliphatic heterocycles. The van der Waals surface area contributed by atoms with Crippen molar-refractivity contribution in [1.29, 1.82) is 0 Å². The number of aliphatic carboxylic acids is 1. The molecule has 3 N–H and O–H groups in total. The minimum Gasteiger partial charge on any atom is -0.480 e. The molecular weight excluding hydrogens is 232 g/mol. The number of hydrogen-bond acceptors (Lipinski definition) is 3. The van der Waals surface area contributed by atoms with Crippen molar-refractivity contribution in [2.45, 2.75) is 19.9 Å². The number of carboxylic acids is 1. The van der Waals surface area contributed by atoms with E-state index in [1.54, 1.807) is 6.07 Å². The van der Waals surface area contributed by atoms with Gasteiger partial charge in [0.2, 0.25) is 5.91 Å². The van der Waals surface area contributed by atoms with E-state index in [2.05, 4.69) is 10.6 Å².